The van der Waals surface area contributed by atoms with Crippen LogP contribution in [-0.4, -0.2) is 36.7 Å². The zero-order valence-electron chi connectivity index (χ0n) is 13.7. The minimum atomic E-state index is -1.04. The third-order valence-electron chi connectivity index (χ3n) is 3.43. The number of hydrogen-bond acceptors (Lipinski definition) is 4. The molecule has 0 saturated carbocycles. The van der Waals surface area contributed by atoms with E-state index in [0.717, 1.165) is 5.56 Å². The van der Waals surface area contributed by atoms with Gasteiger partial charge in [0.15, 0.2) is 5.76 Å². The summed E-state index contributed by atoms with van der Waals surface area (Å²) in [5, 5.41) is 11.1. The van der Waals surface area contributed by atoms with Crippen molar-refractivity contribution in [3.05, 3.63) is 47.7 Å². The van der Waals surface area contributed by atoms with Gasteiger partial charge in [-0.15, -0.1) is 0 Å². The lowest BCUT2D eigenvalue weighted by Crippen LogP contribution is -2.27. The highest BCUT2D eigenvalue weighted by Gasteiger charge is 2.12. The van der Waals surface area contributed by atoms with Crippen LogP contribution in [0, 0.1) is 0 Å². The lowest BCUT2D eigenvalue weighted by molar-refractivity contribution is -0.142. The Kier molecular flexibility index (Phi) is 6.14. The molecule has 1 aromatic heterocycles. The number of carbonyl (C=O) groups is 2. The fourth-order valence-electron chi connectivity index (χ4n) is 2.15. The molecule has 1 amide bonds. The molecule has 0 radical (unpaired) electrons. The maximum Gasteiger partial charge on any atom is 0.329 e. The quantitative estimate of drug-likeness (QED) is 0.726. The van der Waals surface area contributed by atoms with Gasteiger partial charge in [-0.05, 0) is 29.7 Å². The number of furan rings is 1. The molecule has 0 fully saturated rings. The van der Waals surface area contributed by atoms with Gasteiger partial charge in [-0.1, -0.05) is 32.0 Å². The first kappa shape index (κ1) is 17.7. The minimum absolute atomic E-state index is 0.127. The van der Waals surface area contributed by atoms with Gasteiger partial charge < -0.3 is 19.6 Å². The van der Waals surface area contributed by atoms with Crippen LogP contribution in [0.4, 0.5) is 0 Å². The number of carbonyl (C=O) groups excluding carboxylic acids is 1. The fraction of sp³-hybridized carbons (Fsp3) is 0.333. The molecule has 2 rings (SSSR count). The van der Waals surface area contributed by atoms with Crippen molar-refractivity contribution in [2.24, 2.45) is 0 Å². The Hall–Kier alpha value is -2.60. The zero-order chi connectivity index (χ0) is 17.5. The van der Waals surface area contributed by atoms with Gasteiger partial charge in [0.1, 0.15) is 12.4 Å². The number of benzene rings is 1. The SMILES string of the molecule is CC(C)c1cccc(-c2ccc(C(=O)NCCOCC(=O)O)o2)c1. The summed E-state index contributed by atoms with van der Waals surface area (Å²) >= 11 is 0. The average molecular weight is 331 g/mol. The smallest absolute Gasteiger partial charge is 0.329 e. The van der Waals surface area contributed by atoms with Gasteiger partial charge in [-0.25, -0.2) is 4.79 Å². The fourth-order valence-corrected chi connectivity index (χ4v) is 2.15. The topological polar surface area (TPSA) is 88.8 Å². The molecule has 2 aromatic rings. The first-order valence-electron chi connectivity index (χ1n) is 7.75. The second kappa shape index (κ2) is 8.31. The molecule has 1 aromatic carbocycles. The van der Waals surface area contributed by atoms with Gasteiger partial charge >= 0.3 is 5.97 Å². The summed E-state index contributed by atoms with van der Waals surface area (Å²) < 4.78 is 10.5. The summed E-state index contributed by atoms with van der Waals surface area (Å²) in [7, 11) is 0. The first-order chi connectivity index (χ1) is 11.5. The van der Waals surface area contributed by atoms with Gasteiger partial charge in [0, 0.05) is 12.1 Å². The Morgan fingerprint density at radius 2 is 2.04 bits per heavy atom. The standard InChI is InChI=1S/C18H21NO5/c1-12(2)13-4-3-5-14(10-13)15-6-7-16(24-15)18(22)19-8-9-23-11-17(20)21/h3-7,10,12H,8-9,11H2,1-2H3,(H,19,22)(H,20,21). The van der Waals surface area contributed by atoms with E-state index in [1.807, 2.05) is 18.2 Å². The Labute approximate surface area is 140 Å². The van der Waals surface area contributed by atoms with Gasteiger partial charge in [-0.3, -0.25) is 4.79 Å². The van der Waals surface area contributed by atoms with Crippen LogP contribution in [-0.2, 0) is 9.53 Å². The molecule has 0 bridgehead atoms. The van der Waals surface area contributed by atoms with E-state index >= 15 is 0 Å². The van der Waals surface area contributed by atoms with Crippen LogP contribution in [0.1, 0.15) is 35.9 Å². The second-order valence-corrected chi connectivity index (χ2v) is 5.65. The summed E-state index contributed by atoms with van der Waals surface area (Å²) in [6.07, 6.45) is 0. The van der Waals surface area contributed by atoms with E-state index in [1.165, 1.54) is 5.56 Å². The molecule has 6 heteroatoms. The maximum atomic E-state index is 12.0. The molecule has 0 aliphatic carbocycles. The number of carboxylic acid groups (broad SMARTS) is 1. The van der Waals surface area contributed by atoms with Crippen LogP contribution in [0.5, 0.6) is 0 Å². The van der Waals surface area contributed by atoms with Gasteiger partial charge in [0.05, 0.1) is 6.61 Å². The van der Waals surface area contributed by atoms with E-state index in [4.69, 9.17) is 14.3 Å². The van der Waals surface area contributed by atoms with E-state index in [1.54, 1.807) is 12.1 Å². The van der Waals surface area contributed by atoms with Crippen molar-refractivity contribution in [1.29, 1.82) is 0 Å². The van der Waals surface area contributed by atoms with Crippen LogP contribution in [0.2, 0.25) is 0 Å². The Balaban J connectivity index is 1.94. The van der Waals surface area contributed by atoms with Crippen LogP contribution in [0.15, 0.2) is 40.8 Å². The maximum absolute atomic E-state index is 12.0. The van der Waals surface area contributed by atoms with Crippen molar-refractivity contribution >= 4 is 11.9 Å². The van der Waals surface area contributed by atoms with E-state index in [2.05, 4.69) is 25.2 Å². The Bertz CT molecular complexity index is 705. The Morgan fingerprint density at radius 3 is 2.75 bits per heavy atom. The predicted octanol–water partition coefficient (Wildman–Crippen LogP) is 2.90. The van der Waals surface area contributed by atoms with Crippen LogP contribution >= 0.6 is 0 Å². The van der Waals surface area contributed by atoms with Crippen LogP contribution < -0.4 is 5.32 Å². The number of rotatable bonds is 8. The van der Waals surface area contributed by atoms with Gasteiger partial charge in [0.25, 0.3) is 5.91 Å². The number of nitrogens with one attached hydrogen (secondary N) is 1. The molecule has 0 aliphatic rings. The lowest BCUT2D eigenvalue weighted by atomic mass is 10.0. The molecule has 0 saturated heterocycles. The number of hydrogen-bond donors (Lipinski definition) is 2. The van der Waals surface area contributed by atoms with Crippen molar-refractivity contribution in [3.63, 3.8) is 0 Å². The number of aliphatic carboxylic acids is 1. The molecular weight excluding hydrogens is 310 g/mol. The molecule has 1 heterocycles. The van der Waals surface area contributed by atoms with Crippen molar-refractivity contribution in [3.8, 4) is 11.3 Å². The third-order valence-corrected chi connectivity index (χ3v) is 3.43. The summed E-state index contributed by atoms with van der Waals surface area (Å²) in [5.74, 6) is -0.155. The van der Waals surface area contributed by atoms with Crippen molar-refractivity contribution in [1.82, 2.24) is 5.32 Å². The highest BCUT2D eigenvalue weighted by atomic mass is 16.5. The molecule has 2 N–H and O–H groups in total. The molecule has 24 heavy (non-hydrogen) atoms. The number of ether oxygens (including phenoxy) is 1. The number of carboxylic acids is 1. The summed E-state index contributed by atoms with van der Waals surface area (Å²) in [6.45, 7) is 4.19. The molecule has 0 spiro atoms. The predicted molar refractivity (Wildman–Crippen MR) is 89.0 cm³/mol. The lowest BCUT2D eigenvalue weighted by Gasteiger charge is -2.06. The van der Waals surface area contributed by atoms with E-state index < -0.39 is 5.97 Å². The summed E-state index contributed by atoms with van der Waals surface area (Å²) in [6, 6.07) is 11.4. The van der Waals surface area contributed by atoms with E-state index in [-0.39, 0.29) is 31.4 Å². The minimum Gasteiger partial charge on any atom is -0.480 e. The molecular formula is C18H21NO5. The van der Waals surface area contributed by atoms with Crippen molar-refractivity contribution in [2.75, 3.05) is 19.8 Å². The zero-order valence-corrected chi connectivity index (χ0v) is 13.7. The monoisotopic (exact) mass is 331 g/mol. The van der Waals surface area contributed by atoms with Crippen molar-refractivity contribution < 1.29 is 23.8 Å². The first-order valence-corrected chi connectivity index (χ1v) is 7.75. The van der Waals surface area contributed by atoms with Gasteiger partial charge in [0.2, 0.25) is 0 Å². The second-order valence-electron chi connectivity index (χ2n) is 5.65. The van der Waals surface area contributed by atoms with Crippen LogP contribution in [0.3, 0.4) is 0 Å². The average Bonchev–Trinajstić information content (AvgIpc) is 3.04. The number of amides is 1. The summed E-state index contributed by atoms with van der Waals surface area (Å²) in [4.78, 5) is 22.3. The Morgan fingerprint density at radius 1 is 1.25 bits per heavy atom. The normalized spacial score (nSPS) is 10.8. The molecule has 128 valence electrons. The van der Waals surface area contributed by atoms with Crippen LogP contribution in [0.25, 0.3) is 11.3 Å². The van der Waals surface area contributed by atoms with Crippen molar-refractivity contribution in [2.45, 2.75) is 19.8 Å². The summed E-state index contributed by atoms with van der Waals surface area (Å²) in [5.41, 5.74) is 2.12. The molecule has 0 aliphatic heterocycles. The molecule has 6 nitrogen and oxygen atoms in total. The van der Waals surface area contributed by atoms with E-state index in [0.29, 0.717) is 11.7 Å². The largest absolute Gasteiger partial charge is 0.480 e. The molecule has 0 unspecified atom stereocenters. The highest BCUT2D eigenvalue weighted by Crippen LogP contribution is 2.25. The highest BCUT2D eigenvalue weighted by molar-refractivity contribution is 5.92. The van der Waals surface area contributed by atoms with E-state index in [9.17, 15) is 9.59 Å². The third kappa shape index (κ3) is 4.96. The van der Waals surface area contributed by atoms with Gasteiger partial charge in [-0.2, -0.15) is 0 Å². The molecule has 0 atom stereocenters.